The fraction of sp³-hybridized carbons (Fsp3) is 0.308. The van der Waals surface area contributed by atoms with Crippen LogP contribution < -0.4 is 19.9 Å². The Balaban J connectivity index is 1.59. The van der Waals surface area contributed by atoms with E-state index < -0.39 is 49.4 Å². The number of benzene rings is 2. The summed E-state index contributed by atoms with van der Waals surface area (Å²) in [6.07, 6.45) is -5.70. The average Bonchev–Trinajstić information content (AvgIpc) is 2.93. The fourth-order valence-electron chi connectivity index (χ4n) is 3.44. The summed E-state index contributed by atoms with van der Waals surface area (Å²) in [6, 6.07) is 9.43. The predicted molar refractivity (Wildman–Crippen MR) is 138 cm³/mol. The van der Waals surface area contributed by atoms with Gasteiger partial charge in [-0.1, -0.05) is 11.6 Å². The van der Waals surface area contributed by atoms with Gasteiger partial charge >= 0.3 is 5.97 Å². The van der Waals surface area contributed by atoms with Crippen molar-refractivity contribution >= 4 is 23.3 Å². The van der Waals surface area contributed by atoms with Gasteiger partial charge in [0.25, 0.3) is 0 Å². The molecule has 1 aromatic heterocycles. The Morgan fingerprint density at radius 1 is 0.974 bits per heavy atom. The van der Waals surface area contributed by atoms with Crippen LogP contribution >= 0.6 is 11.6 Å². The molecule has 1 heterocycles. The summed E-state index contributed by atoms with van der Waals surface area (Å²) in [5.41, 5.74) is 6.89. The fourth-order valence-corrected chi connectivity index (χ4v) is 3.67. The van der Waals surface area contributed by atoms with E-state index in [1.807, 2.05) is 0 Å². The van der Waals surface area contributed by atoms with E-state index in [0.29, 0.717) is 11.3 Å². The summed E-state index contributed by atoms with van der Waals surface area (Å²) >= 11 is 6.06. The number of ether oxygens (including phenoxy) is 4. The molecule has 0 aliphatic heterocycles. The molecule has 0 bridgehead atoms. The molecule has 11 nitrogen and oxygen atoms in total. The van der Waals surface area contributed by atoms with Crippen LogP contribution in [0.1, 0.15) is 10.4 Å². The minimum Gasteiger partial charge on any atom is -0.494 e. The molecule has 4 atom stereocenters. The molecule has 0 saturated carbocycles. The SMILES string of the molecule is COC(=O)c1ccc(-c2cc(F)cc(OC[C@H](O)[C@H](O)[C@@H](O)[C@@H](O)COc3cc(OC)c(N)cc3Cl)c2)nc1. The lowest BCUT2D eigenvalue weighted by molar-refractivity contribution is -0.119. The molecule has 3 rings (SSSR count). The first-order valence-electron chi connectivity index (χ1n) is 11.5. The van der Waals surface area contributed by atoms with Crippen LogP contribution in [0.2, 0.25) is 5.02 Å². The number of anilines is 1. The Labute approximate surface area is 228 Å². The number of carbonyl (C=O) groups is 1. The van der Waals surface area contributed by atoms with E-state index in [1.54, 1.807) is 0 Å². The summed E-state index contributed by atoms with van der Waals surface area (Å²) < 4.78 is 34.7. The molecule has 3 aromatic rings. The van der Waals surface area contributed by atoms with Crippen LogP contribution in [0, 0.1) is 5.82 Å². The first-order valence-corrected chi connectivity index (χ1v) is 11.9. The zero-order valence-electron chi connectivity index (χ0n) is 21.0. The minimum absolute atomic E-state index is 0.000376. The molecule has 0 amide bonds. The highest BCUT2D eigenvalue weighted by atomic mass is 35.5. The van der Waals surface area contributed by atoms with Crippen LogP contribution in [-0.4, -0.2) is 83.2 Å². The van der Waals surface area contributed by atoms with Crippen LogP contribution in [-0.2, 0) is 4.74 Å². The zero-order chi connectivity index (χ0) is 28.7. The van der Waals surface area contributed by atoms with Crippen molar-refractivity contribution in [2.45, 2.75) is 24.4 Å². The number of aromatic nitrogens is 1. The van der Waals surface area contributed by atoms with Crippen molar-refractivity contribution in [3.63, 3.8) is 0 Å². The second-order valence-corrected chi connectivity index (χ2v) is 8.77. The molecule has 210 valence electrons. The van der Waals surface area contributed by atoms with E-state index in [2.05, 4.69) is 9.72 Å². The van der Waals surface area contributed by atoms with Crippen molar-refractivity contribution in [1.82, 2.24) is 4.98 Å². The van der Waals surface area contributed by atoms with Crippen molar-refractivity contribution < 1.29 is 48.6 Å². The molecule has 6 N–H and O–H groups in total. The molecular weight excluding hydrogens is 539 g/mol. The number of nitrogens with zero attached hydrogens (tertiary/aromatic N) is 1. The third kappa shape index (κ3) is 7.68. The maximum atomic E-state index is 14.2. The number of esters is 1. The highest BCUT2D eigenvalue weighted by Gasteiger charge is 2.31. The monoisotopic (exact) mass is 566 g/mol. The lowest BCUT2D eigenvalue weighted by Gasteiger charge is -2.26. The molecule has 0 spiro atoms. The molecule has 0 radical (unpaired) electrons. The van der Waals surface area contributed by atoms with Gasteiger partial charge in [-0.3, -0.25) is 4.98 Å². The maximum Gasteiger partial charge on any atom is 0.339 e. The van der Waals surface area contributed by atoms with E-state index in [0.717, 1.165) is 6.07 Å². The number of nitrogen functional groups attached to an aromatic ring is 1. The lowest BCUT2D eigenvalue weighted by atomic mass is 10.0. The molecule has 0 aliphatic carbocycles. The van der Waals surface area contributed by atoms with Gasteiger partial charge in [-0.2, -0.15) is 0 Å². The van der Waals surface area contributed by atoms with Crippen LogP contribution in [0.15, 0.2) is 48.7 Å². The van der Waals surface area contributed by atoms with E-state index in [-0.39, 0.29) is 33.5 Å². The normalized spacial score (nSPS) is 14.2. The Morgan fingerprint density at radius 2 is 1.64 bits per heavy atom. The molecule has 0 unspecified atom stereocenters. The first kappa shape index (κ1) is 29.9. The number of pyridine rings is 1. The number of aliphatic hydroxyl groups excluding tert-OH is 4. The number of nitrogens with two attached hydrogens (primary N) is 1. The molecule has 0 saturated heterocycles. The molecular formula is C26H28ClFN2O9. The van der Waals surface area contributed by atoms with Crippen molar-refractivity contribution in [3.05, 3.63) is 65.1 Å². The highest BCUT2D eigenvalue weighted by Crippen LogP contribution is 2.34. The van der Waals surface area contributed by atoms with Crippen LogP contribution in [0.3, 0.4) is 0 Å². The number of rotatable bonds is 12. The van der Waals surface area contributed by atoms with Crippen molar-refractivity contribution in [2.24, 2.45) is 0 Å². The smallest absolute Gasteiger partial charge is 0.339 e. The Morgan fingerprint density at radius 3 is 2.23 bits per heavy atom. The van der Waals surface area contributed by atoms with Gasteiger partial charge in [0, 0.05) is 23.9 Å². The van der Waals surface area contributed by atoms with Gasteiger partial charge < -0.3 is 45.1 Å². The van der Waals surface area contributed by atoms with Gasteiger partial charge in [-0.05, 0) is 30.3 Å². The summed E-state index contributed by atoms with van der Waals surface area (Å²) in [7, 11) is 2.63. The summed E-state index contributed by atoms with van der Waals surface area (Å²) in [5.74, 6) is -0.837. The zero-order valence-corrected chi connectivity index (χ0v) is 21.7. The van der Waals surface area contributed by atoms with Gasteiger partial charge in [0.15, 0.2) is 0 Å². The van der Waals surface area contributed by atoms with E-state index in [4.69, 9.17) is 31.5 Å². The molecule has 13 heteroatoms. The standard InChI is InChI=1S/C26H28ClFN2O9/c1-36-23-9-22(17(27)8-18(23)29)39-12-21(32)25(34)24(33)20(31)11-38-16-6-14(5-15(28)7-16)19-4-3-13(10-30-19)26(35)37-2/h3-10,20-21,24-25,31-34H,11-12,29H2,1-2H3/t20-,21-,24-,25-/m0/s1. The van der Waals surface area contributed by atoms with Crippen LogP contribution in [0.25, 0.3) is 11.3 Å². The average molecular weight is 567 g/mol. The van der Waals surface area contributed by atoms with Gasteiger partial charge in [0.1, 0.15) is 60.7 Å². The Hall–Kier alpha value is -3.68. The predicted octanol–water partition coefficient (Wildman–Crippen LogP) is 1.82. The van der Waals surface area contributed by atoms with Crippen LogP contribution in [0.5, 0.6) is 17.2 Å². The van der Waals surface area contributed by atoms with Crippen molar-refractivity contribution in [3.8, 4) is 28.5 Å². The highest BCUT2D eigenvalue weighted by molar-refractivity contribution is 6.32. The van der Waals surface area contributed by atoms with Gasteiger partial charge in [0.2, 0.25) is 0 Å². The Kier molecular flexibility index (Phi) is 10.3. The van der Waals surface area contributed by atoms with E-state index in [9.17, 15) is 29.6 Å². The summed E-state index contributed by atoms with van der Waals surface area (Å²) in [4.78, 5) is 15.7. The number of halogens is 2. The Bertz CT molecular complexity index is 1280. The number of hydrogen-bond donors (Lipinski definition) is 5. The van der Waals surface area contributed by atoms with Gasteiger partial charge in [0.05, 0.1) is 36.2 Å². The third-order valence-corrected chi connectivity index (χ3v) is 5.90. The van der Waals surface area contributed by atoms with Crippen molar-refractivity contribution in [2.75, 3.05) is 33.2 Å². The largest absolute Gasteiger partial charge is 0.494 e. The molecule has 0 fully saturated rings. The third-order valence-electron chi connectivity index (χ3n) is 5.60. The second-order valence-electron chi connectivity index (χ2n) is 8.36. The number of carbonyl (C=O) groups excluding carboxylic acids is 1. The topological polar surface area (TPSA) is 174 Å². The molecule has 39 heavy (non-hydrogen) atoms. The number of hydrogen-bond acceptors (Lipinski definition) is 11. The van der Waals surface area contributed by atoms with E-state index >= 15 is 0 Å². The number of aliphatic hydroxyl groups is 4. The van der Waals surface area contributed by atoms with Gasteiger partial charge in [-0.15, -0.1) is 0 Å². The summed E-state index contributed by atoms with van der Waals surface area (Å²) in [6.45, 7) is -1.04. The quantitative estimate of drug-likeness (QED) is 0.160. The molecule has 2 aromatic carbocycles. The summed E-state index contributed by atoms with van der Waals surface area (Å²) in [5, 5.41) is 41.3. The number of methoxy groups -OCH3 is 2. The maximum absolute atomic E-state index is 14.2. The lowest BCUT2D eigenvalue weighted by Crippen LogP contribution is -2.48. The second kappa shape index (κ2) is 13.4. The first-order chi connectivity index (χ1) is 18.5. The van der Waals surface area contributed by atoms with E-state index in [1.165, 1.54) is 56.8 Å². The minimum atomic E-state index is -1.85. The van der Waals surface area contributed by atoms with Crippen LogP contribution in [0.4, 0.5) is 10.1 Å². The molecule has 0 aliphatic rings. The van der Waals surface area contributed by atoms with Gasteiger partial charge in [-0.25, -0.2) is 9.18 Å². The van der Waals surface area contributed by atoms with Crippen molar-refractivity contribution in [1.29, 1.82) is 0 Å².